The molecule has 1 saturated carbocycles. The Labute approximate surface area is 110 Å². The number of hydrogen-bond acceptors (Lipinski definition) is 3. The van der Waals surface area contributed by atoms with Crippen molar-refractivity contribution >= 4 is 17.6 Å². The van der Waals surface area contributed by atoms with Gasteiger partial charge in [-0.1, -0.05) is 11.6 Å². The predicted octanol–water partition coefficient (Wildman–Crippen LogP) is 2.88. The topological polar surface area (TPSA) is 49.1 Å². The molecule has 0 radical (unpaired) electrons. The van der Waals surface area contributed by atoms with Crippen molar-refractivity contribution in [3.05, 3.63) is 22.7 Å². The second-order valence-electron chi connectivity index (χ2n) is 4.51. The van der Waals surface area contributed by atoms with Crippen molar-refractivity contribution in [2.45, 2.75) is 31.8 Å². The normalized spacial score (nSPS) is 19.1. The highest BCUT2D eigenvalue weighted by molar-refractivity contribution is 6.32. The molecule has 1 fully saturated rings. The standard InChI is InChI=1S/C13H13ClO4/c14-10-5-9-11(16-7-17-13(9)15)6-12(10)18-8-3-1-2-4-8/h5-6,8H,1-4,7H2/p+1. The van der Waals surface area contributed by atoms with Crippen molar-refractivity contribution in [1.29, 1.82) is 0 Å². The van der Waals surface area contributed by atoms with Crippen LogP contribution in [0.5, 0.6) is 11.5 Å². The van der Waals surface area contributed by atoms with Gasteiger partial charge in [0, 0.05) is 6.07 Å². The molecular weight excluding hydrogens is 256 g/mol. The summed E-state index contributed by atoms with van der Waals surface area (Å²) >= 11 is 6.14. The minimum Gasteiger partial charge on any atom is -0.489 e. The van der Waals surface area contributed by atoms with Gasteiger partial charge in [-0.2, -0.15) is 0 Å². The zero-order valence-corrected chi connectivity index (χ0v) is 10.6. The van der Waals surface area contributed by atoms with Crippen molar-refractivity contribution in [3.63, 3.8) is 0 Å². The van der Waals surface area contributed by atoms with E-state index in [-0.39, 0.29) is 18.9 Å². The highest BCUT2D eigenvalue weighted by Gasteiger charge is 2.30. The first-order valence-electron chi connectivity index (χ1n) is 6.06. The average Bonchev–Trinajstić information content (AvgIpc) is 2.84. The van der Waals surface area contributed by atoms with E-state index in [2.05, 4.69) is 0 Å². The van der Waals surface area contributed by atoms with Crippen LogP contribution in [0.25, 0.3) is 0 Å². The van der Waals surface area contributed by atoms with Gasteiger partial charge >= 0.3 is 12.8 Å². The molecule has 2 aliphatic rings. The first-order chi connectivity index (χ1) is 8.74. The van der Waals surface area contributed by atoms with E-state index in [0.717, 1.165) is 12.8 Å². The number of carbonyl (C=O) groups excluding carboxylic acids is 1. The summed E-state index contributed by atoms with van der Waals surface area (Å²) in [5.41, 5.74) is 0.463. The van der Waals surface area contributed by atoms with Crippen molar-refractivity contribution in [3.8, 4) is 11.5 Å². The molecule has 0 unspecified atom stereocenters. The highest BCUT2D eigenvalue weighted by atomic mass is 35.5. The van der Waals surface area contributed by atoms with Crippen LogP contribution in [0.15, 0.2) is 12.1 Å². The zero-order valence-electron chi connectivity index (χ0n) is 9.82. The molecule has 5 heteroatoms. The van der Waals surface area contributed by atoms with E-state index in [9.17, 15) is 4.79 Å². The quantitative estimate of drug-likeness (QED) is 0.613. The van der Waals surface area contributed by atoms with Gasteiger partial charge in [0.05, 0.1) is 11.1 Å². The SMILES string of the molecule is [OH+]=C1OCOc2cc(OC3CCCC3)c(Cl)cc21. The number of cyclic esters (lactones) is 1. The summed E-state index contributed by atoms with van der Waals surface area (Å²) in [5, 5.41) is 0.460. The minimum absolute atomic E-state index is 0.00331. The van der Waals surface area contributed by atoms with Crippen molar-refractivity contribution in [1.82, 2.24) is 0 Å². The number of hydrogen-bond donors (Lipinski definition) is 0. The summed E-state index contributed by atoms with van der Waals surface area (Å²) in [6.45, 7) is 0.00331. The molecule has 1 aromatic rings. The lowest BCUT2D eigenvalue weighted by molar-refractivity contribution is 0.0856. The molecule has 1 aliphatic carbocycles. The van der Waals surface area contributed by atoms with Crippen LogP contribution in [-0.2, 0) is 4.74 Å². The molecule has 1 heterocycles. The summed E-state index contributed by atoms with van der Waals surface area (Å²) in [5.74, 6) is 0.985. The van der Waals surface area contributed by atoms with E-state index in [1.165, 1.54) is 12.8 Å². The zero-order chi connectivity index (χ0) is 12.5. The number of esters is 1. The van der Waals surface area contributed by atoms with Crippen molar-refractivity contribution < 1.29 is 19.0 Å². The van der Waals surface area contributed by atoms with E-state index in [1.54, 1.807) is 12.1 Å². The number of halogens is 1. The molecular formula is C13H14ClO4+. The van der Waals surface area contributed by atoms with Crippen LogP contribution in [0, 0.1) is 0 Å². The molecule has 0 spiro atoms. The summed E-state index contributed by atoms with van der Waals surface area (Å²) < 4.78 is 16.1. The number of ether oxygens (including phenoxy) is 3. The van der Waals surface area contributed by atoms with Crippen LogP contribution in [0.4, 0.5) is 0 Å². The van der Waals surface area contributed by atoms with Gasteiger partial charge in [-0.15, -0.1) is 0 Å². The third-order valence-corrected chi connectivity index (χ3v) is 3.57. The van der Waals surface area contributed by atoms with Crippen LogP contribution in [0.2, 0.25) is 5.02 Å². The van der Waals surface area contributed by atoms with Gasteiger partial charge in [0.2, 0.25) is 0 Å². The number of fused-ring (bicyclic) bond motifs is 1. The molecule has 0 saturated heterocycles. The Kier molecular flexibility index (Phi) is 3.04. The molecule has 1 N–H and O–H groups in total. The van der Waals surface area contributed by atoms with Gasteiger partial charge in [0.15, 0.2) is 11.3 Å². The van der Waals surface area contributed by atoms with Crippen LogP contribution in [0.1, 0.15) is 31.2 Å². The Morgan fingerprint density at radius 1 is 1.22 bits per heavy atom. The summed E-state index contributed by atoms with van der Waals surface area (Å²) in [6.07, 6.45) is 4.76. The van der Waals surface area contributed by atoms with Crippen molar-refractivity contribution in [2.75, 3.05) is 6.79 Å². The van der Waals surface area contributed by atoms with Crippen molar-refractivity contribution in [2.24, 2.45) is 0 Å². The number of rotatable bonds is 2. The van der Waals surface area contributed by atoms with E-state index >= 15 is 0 Å². The summed E-state index contributed by atoms with van der Waals surface area (Å²) in [7, 11) is 0. The smallest absolute Gasteiger partial charge is 0.489 e. The monoisotopic (exact) mass is 269 g/mol. The maximum Gasteiger partial charge on any atom is 0.524 e. The van der Waals surface area contributed by atoms with Crippen LogP contribution < -0.4 is 9.47 Å². The second-order valence-corrected chi connectivity index (χ2v) is 4.92. The Morgan fingerprint density at radius 2 is 2.00 bits per heavy atom. The fraction of sp³-hybridized carbons (Fsp3) is 0.462. The summed E-state index contributed by atoms with van der Waals surface area (Å²) in [6, 6.07) is 3.32. The molecule has 18 heavy (non-hydrogen) atoms. The molecule has 0 aromatic heterocycles. The Morgan fingerprint density at radius 3 is 2.78 bits per heavy atom. The molecule has 0 amide bonds. The van der Waals surface area contributed by atoms with Crippen LogP contribution >= 0.6 is 11.6 Å². The van der Waals surface area contributed by atoms with Gasteiger partial charge in [-0.05, 0) is 31.7 Å². The van der Waals surface area contributed by atoms with Gasteiger partial charge in [0.25, 0.3) is 0 Å². The van der Waals surface area contributed by atoms with Crippen LogP contribution in [0.3, 0.4) is 0 Å². The molecule has 0 atom stereocenters. The van der Waals surface area contributed by atoms with E-state index < -0.39 is 0 Å². The Balaban J connectivity index is 1.88. The molecule has 4 nitrogen and oxygen atoms in total. The number of benzene rings is 1. The molecule has 1 aliphatic heterocycles. The van der Waals surface area contributed by atoms with Gasteiger partial charge in [-0.25, -0.2) is 0 Å². The molecule has 3 rings (SSSR count). The Hall–Kier alpha value is -1.42. The third kappa shape index (κ3) is 2.12. The summed E-state index contributed by atoms with van der Waals surface area (Å²) in [4.78, 5) is 9.58. The maximum atomic E-state index is 9.58. The van der Waals surface area contributed by atoms with E-state index in [0.29, 0.717) is 22.1 Å². The lowest BCUT2D eigenvalue weighted by Gasteiger charge is -2.17. The molecule has 1 aromatic carbocycles. The van der Waals surface area contributed by atoms with Gasteiger partial charge in [-0.3, -0.25) is 4.74 Å². The minimum atomic E-state index is -0.162. The first-order valence-corrected chi connectivity index (χ1v) is 6.44. The third-order valence-electron chi connectivity index (χ3n) is 3.27. The lowest BCUT2D eigenvalue weighted by atomic mass is 10.2. The van der Waals surface area contributed by atoms with Crippen LogP contribution in [-0.4, -0.2) is 23.7 Å². The van der Waals surface area contributed by atoms with E-state index in [1.807, 2.05) is 0 Å². The molecule has 0 bridgehead atoms. The first kappa shape index (κ1) is 11.7. The lowest BCUT2D eigenvalue weighted by Crippen LogP contribution is -2.20. The highest BCUT2D eigenvalue weighted by Crippen LogP contribution is 2.36. The Bertz CT molecular complexity index is 480. The average molecular weight is 270 g/mol. The molecule has 96 valence electrons. The predicted molar refractivity (Wildman–Crippen MR) is 67.0 cm³/mol. The fourth-order valence-corrected chi connectivity index (χ4v) is 2.53. The second kappa shape index (κ2) is 4.69. The largest absolute Gasteiger partial charge is 0.524 e. The fourth-order valence-electron chi connectivity index (χ4n) is 2.32. The maximum absolute atomic E-state index is 9.58. The van der Waals surface area contributed by atoms with Gasteiger partial charge in [0.1, 0.15) is 5.75 Å². The van der Waals surface area contributed by atoms with Gasteiger partial charge < -0.3 is 14.3 Å². The van der Waals surface area contributed by atoms with E-state index in [4.69, 9.17) is 25.8 Å².